The smallest absolute Gasteiger partial charge is 0.315 e. The van der Waals surface area contributed by atoms with Gasteiger partial charge in [0.1, 0.15) is 0 Å². The van der Waals surface area contributed by atoms with Gasteiger partial charge in [0.15, 0.2) is 0 Å². The van der Waals surface area contributed by atoms with Gasteiger partial charge in [-0.2, -0.15) is 0 Å². The molecule has 1 aliphatic rings. The highest BCUT2D eigenvalue weighted by molar-refractivity contribution is 5.76. The number of hydrogen-bond acceptors (Lipinski definition) is 3. The number of carbonyl (C=O) groups is 2. The van der Waals surface area contributed by atoms with Crippen LogP contribution >= 0.6 is 0 Å². The molecule has 2 amide bonds. The Bertz CT molecular complexity index is 314. The van der Waals surface area contributed by atoms with E-state index in [1.807, 2.05) is 0 Å². The third-order valence-corrected chi connectivity index (χ3v) is 2.85. The van der Waals surface area contributed by atoms with Crippen molar-refractivity contribution in [1.29, 1.82) is 0 Å². The summed E-state index contributed by atoms with van der Waals surface area (Å²) in [5.74, 6) is -0.174. The van der Waals surface area contributed by atoms with Crippen LogP contribution in [0.25, 0.3) is 0 Å². The monoisotopic (exact) mass is 272 g/mol. The van der Waals surface area contributed by atoms with Crippen molar-refractivity contribution in [2.75, 3.05) is 19.8 Å². The fraction of sp³-hybridized carbons (Fsp3) is 0.846. The van der Waals surface area contributed by atoms with Crippen LogP contribution in [0.15, 0.2) is 0 Å². The van der Waals surface area contributed by atoms with E-state index in [4.69, 9.17) is 9.84 Å². The largest absolute Gasteiger partial charge is 0.481 e. The van der Waals surface area contributed by atoms with Crippen molar-refractivity contribution in [2.45, 2.75) is 45.1 Å². The first-order valence-corrected chi connectivity index (χ1v) is 6.74. The van der Waals surface area contributed by atoms with E-state index in [2.05, 4.69) is 10.6 Å². The number of rotatable bonds is 9. The lowest BCUT2D eigenvalue weighted by molar-refractivity contribution is -0.138. The van der Waals surface area contributed by atoms with Gasteiger partial charge in [-0.05, 0) is 39.0 Å². The zero-order valence-electron chi connectivity index (χ0n) is 11.7. The maximum Gasteiger partial charge on any atom is 0.315 e. The van der Waals surface area contributed by atoms with Gasteiger partial charge in [-0.25, -0.2) is 4.79 Å². The summed E-state index contributed by atoms with van der Waals surface area (Å²) >= 11 is 0. The summed E-state index contributed by atoms with van der Waals surface area (Å²) in [6, 6.07) is -0.339. The highest BCUT2D eigenvalue weighted by Gasteiger charge is 2.23. The Kier molecular flexibility index (Phi) is 6.08. The number of hydrogen-bond donors (Lipinski definition) is 3. The second-order valence-corrected chi connectivity index (χ2v) is 5.71. The molecular weight excluding hydrogens is 248 g/mol. The molecule has 110 valence electrons. The molecule has 0 unspecified atom stereocenters. The maximum absolute atomic E-state index is 11.5. The topological polar surface area (TPSA) is 87.7 Å². The first-order valence-electron chi connectivity index (χ1n) is 6.74. The minimum atomic E-state index is -0.932. The Balaban J connectivity index is 2.01. The van der Waals surface area contributed by atoms with Crippen LogP contribution < -0.4 is 10.6 Å². The molecule has 1 aliphatic carbocycles. The van der Waals surface area contributed by atoms with Gasteiger partial charge in [-0.15, -0.1) is 0 Å². The zero-order valence-corrected chi connectivity index (χ0v) is 11.7. The normalized spacial score (nSPS) is 15.1. The van der Waals surface area contributed by atoms with Gasteiger partial charge in [-0.3, -0.25) is 4.79 Å². The van der Waals surface area contributed by atoms with Gasteiger partial charge in [0, 0.05) is 25.3 Å². The van der Waals surface area contributed by atoms with Crippen LogP contribution in [0.2, 0.25) is 0 Å². The quantitative estimate of drug-likeness (QED) is 0.553. The van der Waals surface area contributed by atoms with Crippen molar-refractivity contribution in [3.63, 3.8) is 0 Å². The number of nitrogens with one attached hydrogen (secondary N) is 2. The fourth-order valence-corrected chi connectivity index (χ4v) is 1.68. The van der Waals surface area contributed by atoms with Gasteiger partial charge in [-0.1, -0.05) is 0 Å². The van der Waals surface area contributed by atoms with Crippen LogP contribution in [0.1, 0.15) is 39.5 Å². The molecule has 1 fully saturated rings. The molecule has 0 aromatic rings. The zero-order chi connectivity index (χ0) is 14.3. The molecule has 6 nitrogen and oxygen atoms in total. The van der Waals surface area contributed by atoms with E-state index in [-0.39, 0.29) is 12.5 Å². The lowest BCUT2D eigenvalue weighted by Crippen LogP contribution is -2.49. The summed E-state index contributed by atoms with van der Waals surface area (Å²) in [4.78, 5) is 22.1. The van der Waals surface area contributed by atoms with Crippen molar-refractivity contribution in [3.8, 4) is 0 Å². The molecule has 19 heavy (non-hydrogen) atoms. The Morgan fingerprint density at radius 3 is 2.63 bits per heavy atom. The van der Waals surface area contributed by atoms with E-state index >= 15 is 0 Å². The number of carboxylic acids is 1. The average Bonchev–Trinajstić information content (AvgIpc) is 3.03. The Morgan fingerprint density at radius 1 is 1.37 bits per heavy atom. The van der Waals surface area contributed by atoms with Gasteiger partial charge in [0.05, 0.1) is 6.42 Å². The predicted molar refractivity (Wildman–Crippen MR) is 71.0 cm³/mol. The van der Waals surface area contributed by atoms with Crippen molar-refractivity contribution >= 4 is 12.0 Å². The average molecular weight is 272 g/mol. The summed E-state index contributed by atoms with van der Waals surface area (Å²) in [5.41, 5.74) is -0.752. The van der Waals surface area contributed by atoms with E-state index in [0.717, 1.165) is 18.9 Å². The first kappa shape index (κ1) is 15.8. The van der Waals surface area contributed by atoms with Gasteiger partial charge in [0.2, 0.25) is 0 Å². The maximum atomic E-state index is 11.5. The molecule has 0 heterocycles. The molecule has 6 heteroatoms. The first-order chi connectivity index (χ1) is 8.89. The molecule has 1 rings (SSSR count). The van der Waals surface area contributed by atoms with Crippen LogP contribution in [-0.4, -0.2) is 42.4 Å². The summed E-state index contributed by atoms with van der Waals surface area (Å²) < 4.78 is 5.44. The van der Waals surface area contributed by atoms with Crippen molar-refractivity contribution in [2.24, 2.45) is 5.92 Å². The Labute approximate surface area is 113 Å². The third kappa shape index (κ3) is 8.42. The number of ether oxygens (including phenoxy) is 1. The van der Waals surface area contributed by atoms with Crippen molar-refractivity contribution < 1.29 is 19.4 Å². The molecule has 0 spiro atoms. The van der Waals surface area contributed by atoms with Crippen LogP contribution in [0.5, 0.6) is 0 Å². The van der Waals surface area contributed by atoms with Crippen LogP contribution in [0.4, 0.5) is 4.79 Å². The molecule has 0 radical (unpaired) electrons. The minimum Gasteiger partial charge on any atom is -0.481 e. The molecular formula is C13H24N2O4. The number of amides is 2. The van der Waals surface area contributed by atoms with E-state index < -0.39 is 11.5 Å². The standard InChI is InChI=1S/C13H24N2O4/c1-13(2,8-11(16)17)15-12(18)14-6-3-7-19-9-10-4-5-10/h10H,3-9H2,1-2H3,(H,16,17)(H2,14,15,18). The van der Waals surface area contributed by atoms with Crippen molar-refractivity contribution in [3.05, 3.63) is 0 Å². The molecule has 0 aromatic carbocycles. The molecule has 1 saturated carbocycles. The van der Waals surface area contributed by atoms with E-state index in [9.17, 15) is 9.59 Å². The van der Waals surface area contributed by atoms with Crippen LogP contribution in [-0.2, 0) is 9.53 Å². The molecule has 0 saturated heterocycles. The van der Waals surface area contributed by atoms with E-state index in [1.165, 1.54) is 12.8 Å². The highest BCUT2D eigenvalue weighted by atomic mass is 16.5. The highest BCUT2D eigenvalue weighted by Crippen LogP contribution is 2.28. The summed E-state index contributed by atoms with van der Waals surface area (Å²) in [6.45, 7) is 5.37. The van der Waals surface area contributed by atoms with Crippen LogP contribution in [0, 0.1) is 5.92 Å². The molecule has 0 atom stereocenters. The summed E-state index contributed by atoms with van der Waals surface area (Å²) in [6.07, 6.45) is 3.21. The number of aliphatic carboxylic acids is 1. The lowest BCUT2D eigenvalue weighted by atomic mass is 10.0. The molecule has 0 aromatic heterocycles. The molecule has 0 aliphatic heterocycles. The Hall–Kier alpha value is -1.30. The minimum absolute atomic E-state index is 0.106. The number of carboxylic acid groups (broad SMARTS) is 1. The van der Waals surface area contributed by atoms with E-state index in [0.29, 0.717) is 13.2 Å². The number of urea groups is 1. The second kappa shape index (κ2) is 7.33. The Morgan fingerprint density at radius 2 is 2.05 bits per heavy atom. The van der Waals surface area contributed by atoms with Crippen LogP contribution in [0.3, 0.4) is 0 Å². The van der Waals surface area contributed by atoms with Crippen molar-refractivity contribution in [1.82, 2.24) is 10.6 Å². The molecule has 3 N–H and O–H groups in total. The SMILES string of the molecule is CC(C)(CC(=O)O)NC(=O)NCCCOCC1CC1. The van der Waals surface area contributed by atoms with E-state index in [1.54, 1.807) is 13.8 Å². The fourth-order valence-electron chi connectivity index (χ4n) is 1.68. The van der Waals surface area contributed by atoms with Gasteiger partial charge in [0.25, 0.3) is 0 Å². The second-order valence-electron chi connectivity index (χ2n) is 5.71. The van der Waals surface area contributed by atoms with Gasteiger partial charge >= 0.3 is 12.0 Å². The van der Waals surface area contributed by atoms with Gasteiger partial charge < -0.3 is 20.5 Å². The molecule has 0 bridgehead atoms. The summed E-state index contributed by atoms with van der Waals surface area (Å²) in [5, 5.41) is 14.0. The number of carbonyl (C=O) groups excluding carboxylic acids is 1. The third-order valence-electron chi connectivity index (χ3n) is 2.85. The lowest BCUT2D eigenvalue weighted by Gasteiger charge is -2.24. The summed E-state index contributed by atoms with van der Waals surface area (Å²) in [7, 11) is 0. The predicted octanol–water partition coefficient (Wildman–Crippen LogP) is 1.36.